The molecule has 1 aromatic heterocycles. The Bertz CT molecular complexity index is 1010. The average molecular weight is 432 g/mol. The minimum Gasteiger partial charge on any atom is -0.340 e. The van der Waals surface area contributed by atoms with Gasteiger partial charge in [0.05, 0.1) is 6.54 Å². The van der Waals surface area contributed by atoms with E-state index in [-0.39, 0.29) is 11.3 Å². The van der Waals surface area contributed by atoms with Gasteiger partial charge in [0.1, 0.15) is 0 Å². The van der Waals surface area contributed by atoms with Gasteiger partial charge in [0.25, 0.3) is 0 Å². The average Bonchev–Trinajstić information content (AvgIpc) is 3.20. The summed E-state index contributed by atoms with van der Waals surface area (Å²) in [6, 6.07) is 10.6. The van der Waals surface area contributed by atoms with E-state index >= 15 is 0 Å². The van der Waals surface area contributed by atoms with Gasteiger partial charge in [-0.15, -0.1) is 0 Å². The predicted molar refractivity (Wildman–Crippen MR) is 131 cm³/mol. The zero-order chi connectivity index (χ0) is 21.9. The molecule has 2 nitrogen and oxygen atoms in total. The van der Waals surface area contributed by atoms with Crippen molar-refractivity contribution in [3.8, 4) is 0 Å². The minimum absolute atomic E-state index is 0.220. The van der Waals surface area contributed by atoms with Crippen molar-refractivity contribution in [3.05, 3.63) is 36.5 Å². The lowest BCUT2D eigenvalue weighted by Gasteiger charge is -2.63. The van der Waals surface area contributed by atoms with Crippen molar-refractivity contribution in [1.29, 1.82) is 0 Å². The van der Waals surface area contributed by atoms with Crippen molar-refractivity contribution < 1.29 is 4.79 Å². The van der Waals surface area contributed by atoms with E-state index in [1.165, 1.54) is 75.1 Å². The van der Waals surface area contributed by atoms with Crippen LogP contribution >= 0.6 is 0 Å². The van der Waals surface area contributed by atoms with Crippen molar-refractivity contribution in [2.45, 2.75) is 91.0 Å². The molecule has 0 bridgehead atoms. The Hall–Kier alpha value is -1.57. The monoisotopic (exact) mass is 431 g/mol. The quantitative estimate of drug-likeness (QED) is 0.489. The molecule has 172 valence electrons. The Kier molecular flexibility index (Phi) is 5.08. The third-order valence-corrected chi connectivity index (χ3v) is 11.2. The lowest BCUT2D eigenvalue weighted by atomic mass is 9.41. The number of hydrogen-bond donors (Lipinski definition) is 0. The molecule has 0 aliphatic heterocycles. The third kappa shape index (κ3) is 3.07. The number of carbonyl (C=O) groups excluding carboxylic acids is 1. The van der Waals surface area contributed by atoms with Crippen LogP contribution in [-0.4, -0.2) is 10.4 Å². The maximum absolute atomic E-state index is 13.8. The molecule has 0 N–H and O–H groups in total. The summed E-state index contributed by atoms with van der Waals surface area (Å²) in [5.41, 5.74) is 2.01. The van der Waals surface area contributed by atoms with Gasteiger partial charge >= 0.3 is 0 Å². The van der Waals surface area contributed by atoms with Crippen LogP contribution < -0.4 is 0 Å². The van der Waals surface area contributed by atoms with Gasteiger partial charge in [0.2, 0.25) is 0 Å². The molecule has 4 fully saturated rings. The lowest BCUT2D eigenvalue weighted by Crippen LogP contribution is -2.56. The molecule has 2 heteroatoms. The number of benzene rings is 1. The van der Waals surface area contributed by atoms with Crippen LogP contribution in [-0.2, 0) is 11.3 Å². The Labute approximate surface area is 194 Å². The number of nitrogens with zero attached hydrogens (tertiary/aromatic N) is 1. The second kappa shape index (κ2) is 7.74. The minimum atomic E-state index is 0.220. The first-order valence-electron chi connectivity index (χ1n) is 13.6. The van der Waals surface area contributed by atoms with Crippen LogP contribution in [0.3, 0.4) is 0 Å². The number of fused-ring (bicyclic) bond motifs is 6. The van der Waals surface area contributed by atoms with E-state index in [0.717, 1.165) is 30.1 Å². The van der Waals surface area contributed by atoms with E-state index < -0.39 is 0 Å². The number of aromatic nitrogens is 1. The second-order valence-electron chi connectivity index (χ2n) is 12.4. The summed E-state index contributed by atoms with van der Waals surface area (Å²) in [5.74, 6) is 4.28. The van der Waals surface area contributed by atoms with E-state index in [1.807, 2.05) is 0 Å². The van der Waals surface area contributed by atoms with E-state index in [2.05, 4.69) is 54.9 Å². The van der Waals surface area contributed by atoms with Gasteiger partial charge in [-0.2, -0.15) is 0 Å². The Morgan fingerprint density at radius 2 is 1.72 bits per heavy atom. The summed E-state index contributed by atoms with van der Waals surface area (Å²) >= 11 is 0. The number of hydrogen-bond acceptors (Lipinski definition) is 1. The summed E-state index contributed by atoms with van der Waals surface area (Å²) in [6.45, 7) is 5.74. The summed E-state index contributed by atoms with van der Waals surface area (Å²) in [6.07, 6.45) is 17.3. The Morgan fingerprint density at radius 1 is 0.875 bits per heavy atom. The van der Waals surface area contributed by atoms with E-state index in [0.29, 0.717) is 17.7 Å². The SMILES string of the molecule is C[C@]12CCCCC1CC[C@@H]1C2CC[C@@]2(C)C1CCC[C@@H]2C(=O)Cn1ccc2ccccc21. The maximum atomic E-state index is 13.8. The van der Waals surface area contributed by atoms with Gasteiger partial charge in [0, 0.05) is 17.6 Å². The molecule has 32 heavy (non-hydrogen) atoms. The number of carbonyl (C=O) groups is 1. The summed E-state index contributed by atoms with van der Waals surface area (Å²) in [4.78, 5) is 13.8. The molecule has 6 rings (SSSR count). The highest BCUT2D eigenvalue weighted by Gasteiger charge is 2.59. The van der Waals surface area contributed by atoms with Crippen LogP contribution in [0.5, 0.6) is 0 Å². The summed E-state index contributed by atoms with van der Waals surface area (Å²) < 4.78 is 2.20. The van der Waals surface area contributed by atoms with Gasteiger partial charge in [-0.25, -0.2) is 0 Å². The van der Waals surface area contributed by atoms with Gasteiger partial charge in [-0.3, -0.25) is 4.79 Å². The number of Topliss-reactive ketones (excluding diaryl/α,β-unsaturated/α-hetero) is 1. The summed E-state index contributed by atoms with van der Waals surface area (Å²) in [7, 11) is 0. The molecule has 3 unspecified atom stereocenters. The third-order valence-electron chi connectivity index (χ3n) is 11.2. The number of ketones is 1. The van der Waals surface area contributed by atoms with Crippen molar-refractivity contribution in [3.63, 3.8) is 0 Å². The first-order valence-corrected chi connectivity index (χ1v) is 13.6. The van der Waals surface area contributed by atoms with Gasteiger partial charge in [-0.1, -0.05) is 51.3 Å². The van der Waals surface area contributed by atoms with Crippen LogP contribution in [0.4, 0.5) is 0 Å². The second-order valence-corrected chi connectivity index (χ2v) is 12.4. The first kappa shape index (κ1) is 21.0. The van der Waals surface area contributed by atoms with Gasteiger partial charge < -0.3 is 4.57 Å². The zero-order valence-corrected chi connectivity index (χ0v) is 20.2. The van der Waals surface area contributed by atoms with Crippen molar-refractivity contribution >= 4 is 16.7 Å². The fourth-order valence-electron chi connectivity index (χ4n) is 9.58. The van der Waals surface area contributed by atoms with Crippen LogP contribution in [0.25, 0.3) is 10.9 Å². The Balaban J connectivity index is 1.26. The van der Waals surface area contributed by atoms with Gasteiger partial charge in [0.15, 0.2) is 5.78 Å². The molecule has 2 aromatic rings. The molecule has 0 saturated heterocycles. The topological polar surface area (TPSA) is 22.0 Å². The number of rotatable bonds is 3. The summed E-state index contributed by atoms with van der Waals surface area (Å²) in [5, 5.41) is 1.24. The highest BCUT2D eigenvalue weighted by Crippen LogP contribution is 2.66. The fourth-order valence-corrected chi connectivity index (χ4v) is 9.58. The molecular weight excluding hydrogens is 390 g/mol. The van der Waals surface area contributed by atoms with Gasteiger partial charge in [-0.05, 0) is 103 Å². The van der Waals surface area contributed by atoms with E-state index in [1.54, 1.807) is 0 Å². The van der Waals surface area contributed by atoms with Crippen molar-refractivity contribution in [1.82, 2.24) is 4.57 Å². The van der Waals surface area contributed by atoms with Crippen molar-refractivity contribution in [2.75, 3.05) is 0 Å². The first-order chi connectivity index (χ1) is 15.5. The van der Waals surface area contributed by atoms with Crippen LogP contribution in [0, 0.1) is 40.4 Å². The molecule has 7 atom stereocenters. The predicted octanol–water partition coefficient (Wildman–Crippen LogP) is 7.65. The molecular formula is C30H41NO. The van der Waals surface area contributed by atoms with E-state index in [9.17, 15) is 4.79 Å². The zero-order valence-electron chi connectivity index (χ0n) is 20.2. The van der Waals surface area contributed by atoms with Crippen LogP contribution in [0.1, 0.15) is 84.5 Å². The maximum Gasteiger partial charge on any atom is 0.156 e. The van der Waals surface area contributed by atoms with Crippen molar-refractivity contribution in [2.24, 2.45) is 40.4 Å². The standard InChI is InChI=1S/C30H41NO/c1-29-17-6-5-9-22(29)13-14-23-24-10-7-11-26(30(24,2)18-15-25(23)29)28(32)20-31-19-16-21-8-3-4-12-27(21)31/h3-4,8,12,16,19,22-26H,5-7,9-11,13-15,17-18,20H2,1-2H3/t22?,23-,24?,25?,26+,29-,30-/m0/s1. The molecule has 4 saturated carbocycles. The molecule has 0 radical (unpaired) electrons. The highest BCUT2D eigenvalue weighted by molar-refractivity contribution is 5.85. The molecule has 0 amide bonds. The molecule has 0 spiro atoms. The largest absolute Gasteiger partial charge is 0.340 e. The molecule has 1 aromatic carbocycles. The molecule has 4 aliphatic rings. The Morgan fingerprint density at radius 3 is 2.62 bits per heavy atom. The lowest BCUT2D eigenvalue weighted by molar-refractivity contribution is -0.155. The molecule has 4 aliphatic carbocycles. The number of para-hydroxylation sites is 1. The smallest absolute Gasteiger partial charge is 0.156 e. The van der Waals surface area contributed by atoms with Crippen LogP contribution in [0.2, 0.25) is 0 Å². The van der Waals surface area contributed by atoms with E-state index in [4.69, 9.17) is 0 Å². The molecule has 1 heterocycles. The normalized spacial score (nSPS) is 41.5. The highest BCUT2D eigenvalue weighted by atomic mass is 16.1. The van der Waals surface area contributed by atoms with Crippen LogP contribution in [0.15, 0.2) is 36.5 Å². The fraction of sp³-hybridized carbons (Fsp3) is 0.700.